The maximum atomic E-state index is 5.54. The van der Waals surface area contributed by atoms with Crippen molar-refractivity contribution in [3.63, 3.8) is 0 Å². The Morgan fingerprint density at radius 3 is 2.93 bits per heavy atom. The molecule has 14 heavy (non-hydrogen) atoms. The van der Waals surface area contributed by atoms with Crippen molar-refractivity contribution in [1.82, 2.24) is 14.4 Å². The molecular formula is C10H14N4. The summed E-state index contributed by atoms with van der Waals surface area (Å²) in [5, 5.41) is 0. The number of rotatable bonds is 2. The second-order valence-corrected chi connectivity index (χ2v) is 3.67. The van der Waals surface area contributed by atoms with Crippen LogP contribution in [-0.2, 0) is 6.54 Å². The van der Waals surface area contributed by atoms with E-state index in [1.165, 1.54) is 0 Å². The molecule has 4 heteroatoms. The van der Waals surface area contributed by atoms with Crippen LogP contribution >= 0.6 is 0 Å². The van der Waals surface area contributed by atoms with Gasteiger partial charge in [0.15, 0.2) is 0 Å². The molecule has 2 N–H and O–H groups in total. The Morgan fingerprint density at radius 2 is 2.29 bits per heavy atom. The predicted molar refractivity (Wildman–Crippen MR) is 55.0 cm³/mol. The normalized spacial score (nSPS) is 11.4. The molecular weight excluding hydrogens is 176 g/mol. The van der Waals surface area contributed by atoms with E-state index in [1.807, 2.05) is 16.8 Å². The van der Waals surface area contributed by atoms with Crippen LogP contribution in [0.2, 0.25) is 0 Å². The monoisotopic (exact) mass is 190 g/mol. The third kappa shape index (κ3) is 1.37. The Balaban J connectivity index is 2.66. The van der Waals surface area contributed by atoms with Crippen molar-refractivity contribution in [3.05, 3.63) is 30.0 Å². The zero-order valence-corrected chi connectivity index (χ0v) is 8.44. The van der Waals surface area contributed by atoms with Crippen LogP contribution in [0.1, 0.15) is 31.0 Å². The summed E-state index contributed by atoms with van der Waals surface area (Å²) in [5.74, 6) is 0.430. The first-order chi connectivity index (χ1) is 6.72. The average Bonchev–Trinajstić information content (AvgIpc) is 2.59. The molecule has 0 bridgehead atoms. The fourth-order valence-corrected chi connectivity index (χ4v) is 1.49. The molecule has 0 saturated heterocycles. The largest absolute Gasteiger partial charge is 0.325 e. The quantitative estimate of drug-likeness (QED) is 0.776. The van der Waals surface area contributed by atoms with E-state index >= 15 is 0 Å². The summed E-state index contributed by atoms with van der Waals surface area (Å²) in [6.45, 7) is 4.74. The molecule has 2 aromatic heterocycles. The minimum Gasteiger partial charge on any atom is -0.325 e. The number of imidazole rings is 1. The first-order valence-corrected chi connectivity index (χ1v) is 4.74. The fraction of sp³-hybridized carbons (Fsp3) is 0.400. The van der Waals surface area contributed by atoms with Gasteiger partial charge in [-0.1, -0.05) is 13.8 Å². The first kappa shape index (κ1) is 9.15. The first-order valence-electron chi connectivity index (χ1n) is 4.74. The fourth-order valence-electron chi connectivity index (χ4n) is 1.49. The van der Waals surface area contributed by atoms with E-state index in [0.29, 0.717) is 12.5 Å². The van der Waals surface area contributed by atoms with Gasteiger partial charge in [0.2, 0.25) is 0 Å². The summed E-state index contributed by atoms with van der Waals surface area (Å²) >= 11 is 0. The third-order valence-electron chi connectivity index (χ3n) is 2.28. The lowest BCUT2D eigenvalue weighted by Crippen LogP contribution is -1.96. The standard InChI is InChI=1S/C10H14N4/c1-7(2)9-4-12-6-14-5-8(3-11)13-10(9)14/h4-7H,3,11H2,1-2H3. The summed E-state index contributed by atoms with van der Waals surface area (Å²) in [6.07, 6.45) is 5.55. The summed E-state index contributed by atoms with van der Waals surface area (Å²) in [6, 6.07) is 0. The Hall–Kier alpha value is -1.42. The molecule has 0 saturated carbocycles. The lowest BCUT2D eigenvalue weighted by Gasteiger charge is -2.04. The lowest BCUT2D eigenvalue weighted by atomic mass is 10.1. The average molecular weight is 190 g/mol. The summed E-state index contributed by atoms with van der Waals surface area (Å²) in [5.41, 5.74) is 8.57. The second kappa shape index (κ2) is 3.38. The molecule has 74 valence electrons. The zero-order chi connectivity index (χ0) is 10.1. The number of hydrogen-bond donors (Lipinski definition) is 1. The Kier molecular flexibility index (Phi) is 2.21. The highest BCUT2D eigenvalue weighted by Gasteiger charge is 2.08. The van der Waals surface area contributed by atoms with E-state index in [1.54, 1.807) is 6.33 Å². The molecule has 0 spiro atoms. The topological polar surface area (TPSA) is 56.2 Å². The van der Waals surface area contributed by atoms with Crippen molar-refractivity contribution in [2.75, 3.05) is 0 Å². The zero-order valence-electron chi connectivity index (χ0n) is 8.44. The van der Waals surface area contributed by atoms with Gasteiger partial charge in [0.05, 0.1) is 5.69 Å². The van der Waals surface area contributed by atoms with E-state index in [-0.39, 0.29) is 0 Å². The summed E-state index contributed by atoms with van der Waals surface area (Å²) < 4.78 is 1.93. The maximum Gasteiger partial charge on any atom is 0.143 e. The number of fused-ring (bicyclic) bond motifs is 1. The van der Waals surface area contributed by atoms with Crippen LogP contribution < -0.4 is 5.73 Å². The number of hydrogen-bond acceptors (Lipinski definition) is 3. The molecule has 0 aromatic carbocycles. The van der Waals surface area contributed by atoms with Gasteiger partial charge in [0.1, 0.15) is 12.0 Å². The van der Waals surface area contributed by atoms with E-state index < -0.39 is 0 Å². The highest BCUT2D eigenvalue weighted by atomic mass is 15.0. The lowest BCUT2D eigenvalue weighted by molar-refractivity contribution is 0.848. The molecule has 0 aliphatic heterocycles. The van der Waals surface area contributed by atoms with Crippen LogP contribution in [-0.4, -0.2) is 14.4 Å². The van der Waals surface area contributed by atoms with E-state index in [0.717, 1.165) is 16.9 Å². The molecule has 0 atom stereocenters. The van der Waals surface area contributed by atoms with Crippen molar-refractivity contribution >= 4 is 5.65 Å². The molecule has 0 aliphatic rings. The van der Waals surface area contributed by atoms with Gasteiger partial charge in [-0.15, -0.1) is 0 Å². The SMILES string of the molecule is CC(C)c1cncn2cc(CN)nc12. The molecule has 4 nitrogen and oxygen atoms in total. The van der Waals surface area contributed by atoms with Crippen LogP contribution in [0, 0.1) is 0 Å². The maximum absolute atomic E-state index is 5.54. The molecule has 2 rings (SSSR count). The van der Waals surface area contributed by atoms with Gasteiger partial charge < -0.3 is 5.73 Å². The minimum absolute atomic E-state index is 0.430. The molecule has 0 aliphatic carbocycles. The molecule has 0 radical (unpaired) electrons. The smallest absolute Gasteiger partial charge is 0.143 e. The van der Waals surface area contributed by atoms with Crippen LogP contribution in [0.15, 0.2) is 18.7 Å². The highest BCUT2D eigenvalue weighted by Crippen LogP contribution is 2.18. The number of nitrogens with two attached hydrogens (primary N) is 1. The molecule has 0 fully saturated rings. The molecule has 2 aromatic rings. The van der Waals surface area contributed by atoms with Gasteiger partial charge >= 0.3 is 0 Å². The van der Waals surface area contributed by atoms with Gasteiger partial charge in [-0.25, -0.2) is 9.97 Å². The minimum atomic E-state index is 0.430. The van der Waals surface area contributed by atoms with Crippen molar-refractivity contribution in [1.29, 1.82) is 0 Å². The summed E-state index contributed by atoms with van der Waals surface area (Å²) in [7, 11) is 0. The van der Waals surface area contributed by atoms with Crippen LogP contribution in [0.3, 0.4) is 0 Å². The van der Waals surface area contributed by atoms with E-state index in [4.69, 9.17) is 5.73 Å². The van der Waals surface area contributed by atoms with Crippen molar-refractivity contribution in [2.24, 2.45) is 5.73 Å². The number of aromatic nitrogens is 3. The molecule has 0 amide bonds. The Morgan fingerprint density at radius 1 is 1.50 bits per heavy atom. The van der Waals surface area contributed by atoms with Crippen molar-refractivity contribution in [2.45, 2.75) is 26.3 Å². The van der Waals surface area contributed by atoms with Gasteiger partial charge in [-0.3, -0.25) is 4.40 Å². The third-order valence-corrected chi connectivity index (χ3v) is 2.28. The predicted octanol–water partition coefficient (Wildman–Crippen LogP) is 1.31. The van der Waals surface area contributed by atoms with Crippen LogP contribution in [0.5, 0.6) is 0 Å². The number of nitrogens with zero attached hydrogens (tertiary/aromatic N) is 3. The Bertz CT molecular complexity index is 444. The Labute approximate surface area is 82.8 Å². The second-order valence-electron chi connectivity index (χ2n) is 3.67. The van der Waals surface area contributed by atoms with Gasteiger partial charge in [-0.05, 0) is 5.92 Å². The van der Waals surface area contributed by atoms with Crippen LogP contribution in [0.4, 0.5) is 0 Å². The van der Waals surface area contributed by atoms with E-state index in [9.17, 15) is 0 Å². The summed E-state index contributed by atoms with van der Waals surface area (Å²) in [4.78, 5) is 8.61. The van der Waals surface area contributed by atoms with Gasteiger partial charge in [-0.2, -0.15) is 0 Å². The van der Waals surface area contributed by atoms with E-state index in [2.05, 4.69) is 23.8 Å². The highest BCUT2D eigenvalue weighted by molar-refractivity contribution is 5.48. The van der Waals surface area contributed by atoms with Crippen LogP contribution in [0.25, 0.3) is 5.65 Å². The molecule has 0 unspecified atom stereocenters. The van der Waals surface area contributed by atoms with Gasteiger partial charge in [0, 0.05) is 24.5 Å². The van der Waals surface area contributed by atoms with Gasteiger partial charge in [0.25, 0.3) is 0 Å². The van der Waals surface area contributed by atoms with Crippen molar-refractivity contribution < 1.29 is 0 Å². The van der Waals surface area contributed by atoms with Crippen molar-refractivity contribution in [3.8, 4) is 0 Å². The molecule has 2 heterocycles.